The fourth-order valence-electron chi connectivity index (χ4n) is 3.55. The molecular formula is C20H24IN3O. The van der Waals surface area contributed by atoms with Crippen LogP contribution >= 0.6 is 24.0 Å². The van der Waals surface area contributed by atoms with Crippen LogP contribution in [0.4, 0.5) is 0 Å². The van der Waals surface area contributed by atoms with Gasteiger partial charge in [0.05, 0.1) is 12.6 Å². The smallest absolute Gasteiger partial charge is 0.189 e. The summed E-state index contributed by atoms with van der Waals surface area (Å²) in [6, 6.07) is 17.1. The Kier molecular flexibility index (Phi) is 5.51. The fourth-order valence-corrected chi connectivity index (χ4v) is 3.55. The number of hydrogen-bond donors (Lipinski definition) is 2. The molecule has 1 fully saturated rings. The Labute approximate surface area is 165 Å². The van der Waals surface area contributed by atoms with E-state index in [1.165, 1.54) is 11.1 Å². The Morgan fingerprint density at radius 1 is 1.12 bits per heavy atom. The number of halogens is 1. The van der Waals surface area contributed by atoms with Crippen LogP contribution < -0.4 is 15.8 Å². The molecule has 0 aromatic heterocycles. The maximum absolute atomic E-state index is 6.18. The van der Waals surface area contributed by atoms with Gasteiger partial charge in [-0.15, -0.1) is 24.0 Å². The number of fused-ring (bicyclic) bond motifs is 1. The summed E-state index contributed by atoms with van der Waals surface area (Å²) in [6.45, 7) is 2.86. The monoisotopic (exact) mass is 449 g/mol. The van der Waals surface area contributed by atoms with Crippen molar-refractivity contribution in [3.05, 3.63) is 65.2 Å². The number of guanidine groups is 1. The number of nitrogens with one attached hydrogen (secondary N) is 1. The molecule has 1 saturated carbocycles. The Morgan fingerprint density at radius 3 is 2.64 bits per heavy atom. The third-order valence-corrected chi connectivity index (χ3v) is 4.93. The summed E-state index contributed by atoms with van der Waals surface area (Å²) in [6.07, 6.45) is 1.98. The molecule has 5 heteroatoms. The number of nitrogens with two attached hydrogens (primary N) is 1. The average Bonchev–Trinajstić information content (AvgIpc) is 3.34. The lowest BCUT2D eigenvalue weighted by molar-refractivity contribution is 0.269. The zero-order chi connectivity index (χ0) is 16.5. The molecule has 0 bridgehead atoms. The van der Waals surface area contributed by atoms with Gasteiger partial charge in [-0.25, -0.2) is 4.99 Å². The minimum Gasteiger partial charge on any atom is -0.493 e. The molecule has 3 N–H and O–H groups in total. The number of aryl methyl sites for hydroxylation is 1. The van der Waals surface area contributed by atoms with Crippen molar-refractivity contribution in [3.8, 4) is 5.75 Å². The first kappa shape index (κ1) is 18.0. The molecule has 4 rings (SSSR count). The van der Waals surface area contributed by atoms with Crippen LogP contribution in [0.25, 0.3) is 0 Å². The lowest BCUT2D eigenvalue weighted by atomic mass is 10.0. The largest absolute Gasteiger partial charge is 0.493 e. The van der Waals surface area contributed by atoms with Crippen LogP contribution in [0, 0.1) is 6.92 Å². The number of ether oxygens (including phenoxy) is 1. The van der Waals surface area contributed by atoms with Gasteiger partial charge in [0.25, 0.3) is 0 Å². The van der Waals surface area contributed by atoms with E-state index in [2.05, 4.69) is 42.6 Å². The van der Waals surface area contributed by atoms with Crippen LogP contribution in [0.15, 0.2) is 53.5 Å². The number of nitrogens with zero attached hydrogens (tertiary/aromatic N) is 1. The molecule has 4 nitrogen and oxygen atoms in total. The summed E-state index contributed by atoms with van der Waals surface area (Å²) in [5.41, 5.74) is 10.1. The van der Waals surface area contributed by atoms with Crippen LogP contribution in [0.1, 0.15) is 41.5 Å². The molecule has 0 spiro atoms. The van der Waals surface area contributed by atoms with Gasteiger partial charge in [0.2, 0.25) is 0 Å². The lowest BCUT2D eigenvalue weighted by Gasteiger charge is -2.23. The van der Waals surface area contributed by atoms with E-state index in [1.807, 2.05) is 18.2 Å². The minimum atomic E-state index is 0. The molecule has 0 saturated heterocycles. The zero-order valence-electron chi connectivity index (χ0n) is 14.3. The highest BCUT2D eigenvalue weighted by atomic mass is 127. The molecule has 3 unspecified atom stereocenters. The maximum atomic E-state index is 6.18. The Bertz CT molecular complexity index is 777. The maximum Gasteiger partial charge on any atom is 0.189 e. The summed E-state index contributed by atoms with van der Waals surface area (Å²) in [5, 5.41) is 3.39. The highest BCUT2D eigenvalue weighted by Gasteiger charge is 2.39. The predicted molar refractivity (Wildman–Crippen MR) is 112 cm³/mol. The van der Waals surface area contributed by atoms with E-state index in [0.29, 0.717) is 24.5 Å². The molecule has 1 aliphatic heterocycles. The number of rotatable bonds is 3. The van der Waals surface area contributed by atoms with Gasteiger partial charge in [-0.2, -0.15) is 0 Å². The number of hydrogen-bond acceptors (Lipinski definition) is 2. The van der Waals surface area contributed by atoms with E-state index in [4.69, 9.17) is 15.5 Å². The summed E-state index contributed by atoms with van der Waals surface area (Å²) in [7, 11) is 0. The van der Waals surface area contributed by atoms with Gasteiger partial charge in [0, 0.05) is 23.9 Å². The van der Waals surface area contributed by atoms with Gasteiger partial charge in [-0.05, 0) is 30.5 Å². The van der Waals surface area contributed by atoms with Gasteiger partial charge >= 0.3 is 0 Å². The van der Waals surface area contributed by atoms with Gasteiger partial charge < -0.3 is 15.8 Å². The molecule has 2 aromatic rings. The first-order chi connectivity index (χ1) is 11.7. The van der Waals surface area contributed by atoms with Crippen molar-refractivity contribution in [3.63, 3.8) is 0 Å². The van der Waals surface area contributed by atoms with Crippen molar-refractivity contribution in [2.45, 2.75) is 37.8 Å². The number of aliphatic imine (C=N–C) groups is 1. The molecule has 0 amide bonds. The minimum absolute atomic E-state index is 0. The summed E-state index contributed by atoms with van der Waals surface area (Å²) in [4.78, 5) is 4.71. The Balaban J connectivity index is 0.00000182. The Morgan fingerprint density at radius 2 is 1.84 bits per heavy atom. The van der Waals surface area contributed by atoms with Crippen LogP contribution in [0.5, 0.6) is 5.75 Å². The van der Waals surface area contributed by atoms with E-state index >= 15 is 0 Å². The van der Waals surface area contributed by atoms with Crippen LogP contribution in [-0.4, -0.2) is 18.6 Å². The standard InChI is InChI=1S/C20H23N3O.HI/c1-13-6-2-3-7-14(13)16-12-18(16)23-20(21)22-17-10-11-24-19-9-5-4-8-15(17)19;/h2-9,16-18H,10-12H2,1H3,(H3,21,22,23);1H. The average molecular weight is 449 g/mol. The van der Waals surface area contributed by atoms with E-state index in [0.717, 1.165) is 24.2 Å². The molecule has 0 radical (unpaired) electrons. The second-order valence-electron chi connectivity index (χ2n) is 6.65. The first-order valence-electron chi connectivity index (χ1n) is 8.59. The van der Waals surface area contributed by atoms with Crippen molar-refractivity contribution in [1.29, 1.82) is 0 Å². The molecule has 1 heterocycles. The van der Waals surface area contributed by atoms with Crippen molar-refractivity contribution >= 4 is 29.9 Å². The number of para-hydroxylation sites is 1. The molecular weight excluding hydrogens is 425 g/mol. The van der Waals surface area contributed by atoms with Crippen molar-refractivity contribution in [2.24, 2.45) is 10.7 Å². The van der Waals surface area contributed by atoms with Crippen LogP contribution in [0.3, 0.4) is 0 Å². The normalized spacial score (nSPS) is 24.5. The SMILES string of the molecule is Cc1ccccc1C1CC1NC(N)=NC1CCOc2ccccc21.I. The molecule has 1 aliphatic carbocycles. The van der Waals surface area contributed by atoms with Crippen molar-refractivity contribution in [2.75, 3.05) is 6.61 Å². The number of benzene rings is 2. The van der Waals surface area contributed by atoms with E-state index in [-0.39, 0.29) is 30.0 Å². The van der Waals surface area contributed by atoms with Gasteiger partial charge in [-0.1, -0.05) is 42.5 Å². The zero-order valence-corrected chi connectivity index (χ0v) is 16.6. The molecule has 25 heavy (non-hydrogen) atoms. The third-order valence-electron chi connectivity index (χ3n) is 4.93. The van der Waals surface area contributed by atoms with E-state index in [9.17, 15) is 0 Å². The molecule has 2 aromatic carbocycles. The van der Waals surface area contributed by atoms with Gasteiger partial charge in [-0.3, -0.25) is 0 Å². The molecule has 132 valence electrons. The molecule has 2 aliphatic rings. The third kappa shape index (κ3) is 3.92. The predicted octanol–water partition coefficient (Wildman–Crippen LogP) is 3.90. The summed E-state index contributed by atoms with van der Waals surface area (Å²) >= 11 is 0. The van der Waals surface area contributed by atoms with Crippen molar-refractivity contribution in [1.82, 2.24) is 5.32 Å². The fraction of sp³-hybridized carbons (Fsp3) is 0.350. The van der Waals surface area contributed by atoms with E-state index < -0.39 is 0 Å². The van der Waals surface area contributed by atoms with Crippen LogP contribution in [-0.2, 0) is 0 Å². The highest BCUT2D eigenvalue weighted by molar-refractivity contribution is 14.0. The lowest BCUT2D eigenvalue weighted by Crippen LogP contribution is -2.35. The summed E-state index contributed by atoms with van der Waals surface area (Å²) in [5.74, 6) is 2.01. The van der Waals surface area contributed by atoms with Gasteiger partial charge in [0.15, 0.2) is 5.96 Å². The second kappa shape index (κ2) is 7.64. The van der Waals surface area contributed by atoms with Crippen molar-refractivity contribution < 1.29 is 4.74 Å². The quantitative estimate of drug-likeness (QED) is 0.425. The topological polar surface area (TPSA) is 59.6 Å². The molecule has 3 atom stereocenters. The highest BCUT2D eigenvalue weighted by Crippen LogP contribution is 2.42. The van der Waals surface area contributed by atoms with Crippen LogP contribution in [0.2, 0.25) is 0 Å². The first-order valence-corrected chi connectivity index (χ1v) is 8.59. The Hall–Kier alpha value is -1.76. The van der Waals surface area contributed by atoms with Gasteiger partial charge in [0.1, 0.15) is 5.75 Å². The van der Waals surface area contributed by atoms with E-state index in [1.54, 1.807) is 0 Å². The summed E-state index contributed by atoms with van der Waals surface area (Å²) < 4.78 is 5.69. The second-order valence-corrected chi connectivity index (χ2v) is 6.65.